The average molecular weight is 1180 g/mol. The first-order valence-corrected chi connectivity index (χ1v) is 29.2. The molecule has 0 heterocycles. The molecule has 0 aliphatic rings. The molecule has 4 unspecified atom stereocenters. The third-order valence-corrected chi connectivity index (χ3v) is 14.3. The van der Waals surface area contributed by atoms with Gasteiger partial charge in [-0.15, -0.1) is 0 Å². The Kier molecular flexibility index (Phi) is 30.1. The number of benzene rings is 4. The SMILES string of the molecule is CC(=O)CCOC(C)CNC(=O)C(CCCCNC(=O)C(CCCCNC(=O)CCc1ccc(C)c(O)c1)NC(=O)CCc1ccc(O)c(O)c1)CC(=O)C(CCCCNC(=O)CCc1ccc(O)c(O)c1)NC(=O)CCc1ccc(O)c(O)c1. The number of phenols is 7. The Morgan fingerprint density at radius 2 is 0.859 bits per heavy atom. The fourth-order valence-corrected chi connectivity index (χ4v) is 9.12. The Morgan fingerprint density at radius 3 is 1.32 bits per heavy atom. The van der Waals surface area contributed by atoms with Crippen LogP contribution in [0.1, 0.15) is 138 Å². The van der Waals surface area contributed by atoms with E-state index in [0.717, 1.165) is 11.1 Å². The number of amides is 6. The summed E-state index contributed by atoms with van der Waals surface area (Å²) in [6.45, 7) is 5.92. The van der Waals surface area contributed by atoms with Crippen LogP contribution in [0.3, 0.4) is 0 Å². The molecule has 22 nitrogen and oxygen atoms in total. The maximum absolute atomic E-state index is 14.3. The van der Waals surface area contributed by atoms with Gasteiger partial charge in [-0.05, 0) is 168 Å². The Balaban J connectivity index is 1.39. The quantitative estimate of drug-likeness (QED) is 0.0188. The summed E-state index contributed by atoms with van der Waals surface area (Å²) >= 11 is 0. The van der Waals surface area contributed by atoms with E-state index in [4.69, 9.17) is 4.74 Å². The molecule has 4 atom stereocenters. The summed E-state index contributed by atoms with van der Waals surface area (Å²) in [5.74, 6) is -5.30. The van der Waals surface area contributed by atoms with E-state index >= 15 is 0 Å². The van der Waals surface area contributed by atoms with Gasteiger partial charge in [-0.2, -0.15) is 0 Å². The summed E-state index contributed by atoms with van der Waals surface area (Å²) in [6, 6.07) is 16.0. The second kappa shape index (κ2) is 37.0. The van der Waals surface area contributed by atoms with Crippen LogP contribution in [0, 0.1) is 12.8 Å². The van der Waals surface area contributed by atoms with Crippen molar-refractivity contribution in [2.75, 3.05) is 32.8 Å². The number of ether oxygens (including phenoxy) is 1. The molecule has 13 N–H and O–H groups in total. The second-order valence-electron chi connectivity index (χ2n) is 21.6. The van der Waals surface area contributed by atoms with Gasteiger partial charge >= 0.3 is 0 Å². The van der Waals surface area contributed by atoms with Gasteiger partial charge in [0.2, 0.25) is 35.4 Å². The lowest BCUT2D eigenvalue weighted by Gasteiger charge is -2.23. The van der Waals surface area contributed by atoms with Crippen LogP contribution in [-0.2, 0) is 68.8 Å². The Morgan fingerprint density at radius 1 is 0.447 bits per heavy atom. The van der Waals surface area contributed by atoms with Crippen molar-refractivity contribution in [1.29, 1.82) is 0 Å². The van der Waals surface area contributed by atoms with Gasteiger partial charge in [0, 0.05) is 70.6 Å². The van der Waals surface area contributed by atoms with E-state index in [2.05, 4.69) is 31.9 Å². The fourth-order valence-electron chi connectivity index (χ4n) is 9.12. The molecule has 4 aromatic carbocycles. The van der Waals surface area contributed by atoms with Gasteiger partial charge in [0.1, 0.15) is 17.6 Å². The van der Waals surface area contributed by atoms with Gasteiger partial charge in [-0.1, -0.05) is 36.8 Å². The molecule has 0 spiro atoms. The van der Waals surface area contributed by atoms with Crippen LogP contribution in [0.25, 0.3) is 0 Å². The minimum atomic E-state index is -1.03. The van der Waals surface area contributed by atoms with E-state index in [-0.39, 0.29) is 155 Å². The summed E-state index contributed by atoms with van der Waals surface area (Å²) in [6.07, 6.45) is 3.93. The maximum Gasteiger partial charge on any atom is 0.242 e. The highest BCUT2D eigenvalue weighted by atomic mass is 16.5. The highest BCUT2D eigenvalue weighted by molar-refractivity contribution is 5.92. The number of phenolic OH excluding ortho intramolecular Hbond substituents is 7. The zero-order valence-corrected chi connectivity index (χ0v) is 49.0. The first-order chi connectivity index (χ1) is 40.6. The summed E-state index contributed by atoms with van der Waals surface area (Å²) in [5.41, 5.74) is 3.37. The van der Waals surface area contributed by atoms with Gasteiger partial charge in [-0.25, -0.2) is 0 Å². The Hall–Kier alpha value is -8.40. The highest BCUT2D eigenvalue weighted by Crippen LogP contribution is 2.28. The monoisotopic (exact) mass is 1180 g/mol. The molecule has 6 amide bonds. The summed E-state index contributed by atoms with van der Waals surface area (Å²) in [5, 5.41) is 85.9. The summed E-state index contributed by atoms with van der Waals surface area (Å²) in [4.78, 5) is 106. The molecule has 4 aromatic rings. The minimum Gasteiger partial charge on any atom is -0.508 e. The number of rotatable bonds is 40. The number of carbonyl (C=O) groups excluding carboxylic acids is 8. The topological polar surface area (TPSA) is 360 Å². The van der Waals surface area contributed by atoms with Crippen LogP contribution < -0.4 is 31.9 Å². The van der Waals surface area contributed by atoms with E-state index in [1.165, 1.54) is 43.3 Å². The van der Waals surface area contributed by atoms with Crippen LogP contribution in [-0.4, -0.2) is 134 Å². The number of ketones is 2. The van der Waals surface area contributed by atoms with E-state index in [9.17, 15) is 74.1 Å². The molecular formula is C63H86N6O16. The van der Waals surface area contributed by atoms with Crippen molar-refractivity contribution >= 4 is 47.0 Å². The van der Waals surface area contributed by atoms with Crippen molar-refractivity contribution < 1.29 is 78.8 Å². The molecule has 0 fully saturated rings. The maximum atomic E-state index is 14.3. The number of nitrogens with one attached hydrogen (secondary N) is 6. The van der Waals surface area contributed by atoms with Gasteiger partial charge in [0.25, 0.3) is 0 Å². The number of hydrogen-bond donors (Lipinski definition) is 13. The van der Waals surface area contributed by atoms with Crippen LogP contribution in [0.5, 0.6) is 40.2 Å². The lowest BCUT2D eigenvalue weighted by atomic mass is 9.91. The molecule has 0 radical (unpaired) electrons. The van der Waals surface area contributed by atoms with Crippen LogP contribution in [0.2, 0.25) is 0 Å². The summed E-state index contributed by atoms with van der Waals surface area (Å²) in [7, 11) is 0. The zero-order chi connectivity index (χ0) is 62.3. The second-order valence-corrected chi connectivity index (χ2v) is 21.6. The number of unbranched alkanes of at least 4 members (excludes halogenated alkanes) is 3. The highest BCUT2D eigenvalue weighted by Gasteiger charge is 2.28. The van der Waals surface area contributed by atoms with Crippen LogP contribution in [0.15, 0.2) is 72.8 Å². The number of carbonyl (C=O) groups is 8. The largest absolute Gasteiger partial charge is 0.508 e. The lowest BCUT2D eigenvalue weighted by molar-refractivity contribution is -0.132. The van der Waals surface area contributed by atoms with E-state index in [1.54, 1.807) is 44.2 Å². The molecule has 0 aliphatic carbocycles. The molecule has 0 saturated heterocycles. The molecule has 0 aliphatic heterocycles. The number of Topliss-reactive ketones (excluding diaryl/α,β-unsaturated/α-hetero) is 2. The first-order valence-electron chi connectivity index (χ1n) is 29.2. The number of aromatic hydroxyl groups is 7. The molecule has 0 aromatic heterocycles. The number of hydrogen-bond acceptors (Lipinski definition) is 16. The van der Waals surface area contributed by atoms with Crippen LogP contribution >= 0.6 is 0 Å². The van der Waals surface area contributed by atoms with Crippen LogP contribution in [0.4, 0.5) is 0 Å². The molecule has 0 bridgehead atoms. The predicted molar refractivity (Wildman–Crippen MR) is 317 cm³/mol. The van der Waals surface area contributed by atoms with E-state index in [1.807, 2.05) is 6.07 Å². The molecule has 85 heavy (non-hydrogen) atoms. The summed E-state index contributed by atoms with van der Waals surface area (Å²) < 4.78 is 5.70. The molecule has 0 saturated carbocycles. The van der Waals surface area contributed by atoms with Crippen molar-refractivity contribution in [2.45, 2.75) is 161 Å². The third-order valence-electron chi connectivity index (χ3n) is 14.3. The van der Waals surface area contributed by atoms with Crippen molar-refractivity contribution in [1.82, 2.24) is 31.9 Å². The van der Waals surface area contributed by atoms with Gasteiger partial charge in [-0.3, -0.25) is 38.4 Å². The molecule has 464 valence electrons. The smallest absolute Gasteiger partial charge is 0.242 e. The van der Waals surface area contributed by atoms with Gasteiger partial charge < -0.3 is 72.4 Å². The van der Waals surface area contributed by atoms with Crippen molar-refractivity contribution in [3.8, 4) is 40.2 Å². The molecular weight excluding hydrogens is 1100 g/mol. The fraction of sp³-hybridized carbons (Fsp3) is 0.492. The van der Waals surface area contributed by atoms with Crippen molar-refractivity contribution in [3.63, 3.8) is 0 Å². The first kappa shape index (κ1) is 69.1. The Labute approximate surface area is 496 Å². The molecule has 4 rings (SSSR count). The van der Waals surface area contributed by atoms with Crippen molar-refractivity contribution in [3.05, 3.63) is 101 Å². The van der Waals surface area contributed by atoms with E-state index in [0.29, 0.717) is 74.6 Å². The molecule has 22 heteroatoms. The zero-order valence-electron chi connectivity index (χ0n) is 49.0. The minimum absolute atomic E-state index is 0.0278. The number of aryl methyl sites for hydroxylation is 5. The Bertz CT molecular complexity index is 2860. The third kappa shape index (κ3) is 27.2. The van der Waals surface area contributed by atoms with Gasteiger partial charge in [0.15, 0.2) is 40.3 Å². The van der Waals surface area contributed by atoms with E-state index < -0.39 is 53.5 Å². The lowest BCUT2D eigenvalue weighted by Crippen LogP contribution is -2.47. The predicted octanol–water partition coefficient (Wildman–Crippen LogP) is 5.67. The van der Waals surface area contributed by atoms with Gasteiger partial charge in [0.05, 0.1) is 18.8 Å². The standard InChI is InChI=1S/C63H86N6O16/c1-40-13-14-43(34-53(40)74)18-25-58(79)65-31-9-6-12-49(69-61(82)28-21-46-17-24-52(73)57(78)37-46)63(84)66-32-7-4-10-47(62(83)67-39-42(3)85-33-29-41(2)70)38-54(75)48(68-60(81)27-20-45-16-23-51(72)56(77)36-45)11-5-8-30-64-59(80)26-19-44-15-22-50(71)55(76)35-44/h13-17,22-24,34-37,42,47-49,71-74,76-78H,4-12,18-21,25-33,38-39H2,1-3H3,(H,64,80)(H,65,79)(H,66,84)(H,67,83)(H,68,81)(H,69,82). The van der Waals surface area contributed by atoms with Crippen molar-refractivity contribution in [2.24, 2.45) is 5.92 Å². The normalized spacial score (nSPS) is 12.5. The average Bonchev–Trinajstić information content (AvgIpc) is 3.63.